The van der Waals surface area contributed by atoms with Crippen molar-refractivity contribution >= 4 is 28.3 Å². The Hall–Kier alpha value is -2.66. The zero-order valence-electron chi connectivity index (χ0n) is 14.8. The lowest BCUT2D eigenvalue weighted by atomic mass is 10.1. The summed E-state index contributed by atoms with van der Waals surface area (Å²) < 4.78 is 6.10. The third-order valence-corrected chi connectivity index (χ3v) is 5.13. The van der Waals surface area contributed by atoms with E-state index in [0.29, 0.717) is 30.4 Å². The fraction of sp³-hybridized carbons (Fsp3) is 0.286. The molecular formula is C21H20ClN3O2. The minimum Gasteiger partial charge on any atom is -0.473 e. The molecule has 0 radical (unpaired) electrons. The maximum absolute atomic E-state index is 12.5. The van der Waals surface area contributed by atoms with Crippen molar-refractivity contribution in [2.75, 3.05) is 13.1 Å². The summed E-state index contributed by atoms with van der Waals surface area (Å²) in [5, 5.41) is 10.8. The molecule has 0 saturated carbocycles. The number of rotatable bonds is 4. The molecule has 1 fully saturated rings. The fourth-order valence-corrected chi connectivity index (χ4v) is 3.48. The molecule has 1 saturated heterocycles. The lowest BCUT2D eigenvalue weighted by molar-refractivity contribution is -0.132. The number of aromatic nitrogens is 2. The van der Waals surface area contributed by atoms with Gasteiger partial charge >= 0.3 is 0 Å². The van der Waals surface area contributed by atoms with Crippen molar-refractivity contribution in [3.63, 3.8) is 0 Å². The summed E-state index contributed by atoms with van der Waals surface area (Å²) in [7, 11) is 0. The molecule has 0 spiro atoms. The van der Waals surface area contributed by atoms with Crippen LogP contribution in [-0.2, 0) is 11.2 Å². The van der Waals surface area contributed by atoms with E-state index in [9.17, 15) is 4.79 Å². The number of benzene rings is 2. The number of fused-ring (bicyclic) bond motifs is 1. The van der Waals surface area contributed by atoms with Gasteiger partial charge in [0.05, 0.1) is 12.6 Å². The SMILES string of the molecule is O=C(Cc1ccc(Cl)cc1)N1CCC(Oc2nncc3ccccc23)CC1. The van der Waals surface area contributed by atoms with Gasteiger partial charge in [0.2, 0.25) is 11.8 Å². The normalized spacial score (nSPS) is 15.1. The first-order chi connectivity index (χ1) is 13.2. The Morgan fingerprint density at radius 1 is 1.11 bits per heavy atom. The van der Waals surface area contributed by atoms with Gasteiger partial charge in [0.1, 0.15) is 6.10 Å². The molecule has 0 N–H and O–H groups in total. The number of piperidine rings is 1. The van der Waals surface area contributed by atoms with E-state index in [-0.39, 0.29) is 12.0 Å². The van der Waals surface area contributed by atoms with Gasteiger partial charge in [0.15, 0.2) is 0 Å². The van der Waals surface area contributed by atoms with Crippen molar-refractivity contribution in [2.45, 2.75) is 25.4 Å². The molecule has 0 atom stereocenters. The number of hydrogen-bond donors (Lipinski definition) is 0. The summed E-state index contributed by atoms with van der Waals surface area (Å²) in [4.78, 5) is 14.4. The number of nitrogens with zero attached hydrogens (tertiary/aromatic N) is 3. The lowest BCUT2D eigenvalue weighted by Crippen LogP contribution is -2.42. The molecule has 1 aliphatic heterocycles. The highest BCUT2D eigenvalue weighted by Crippen LogP contribution is 2.25. The van der Waals surface area contributed by atoms with Gasteiger partial charge < -0.3 is 9.64 Å². The number of carbonyl (C=O) groups excluding carboxylic acids is 1. The topological polar surface area (TPSA) is 55.3 Å². The molecule has 3 aromatic rings. The molecule has 0 unspecified atom stereocenters. The maximum Gasteiger partial charge on any atom is 0.241 e. The van der Waals surface area contributed by atoms with Crippen LogP contribution in [0.2, 0.25) is 5.02 Å². The molecule has 27 heavy (non-hydrogen) atoms. The number of carbonyl (C=O) groups is 1. The van der Waals surface area contributed by atoms with Crippen molar-refractivity contribution in [1.82, 2.24) is 15.1 Å². The highest BCUT2D eigenvalue weighted by molar-refractivity contribution is 6.30. The summed E-state index contributed by atoms with van der Waals surface area (Å²) in [6.07, 6.45) is 3.76. The number of likely N-dealkylation sites (tertiary alicyclic amines) is 1. The average Bonchev–Trinajstić information content (AvgIpc) is 2.70. The summed E-state index contributed by atoms with van der Waals surface area (Å²) in [6, 6.07) is 15.3. The first kappa shape index (κ1) is 17.7. The van der Waals surface area contributed by atoms with E-state index in [1.165, 1.54) is 0 Å². The largest absolute Gasteiger partial charge is 0.473 e. The third-order valence-electron chi connectivity index (χ3n) is 4.88. The predicted octanol–water partition coefficient (Wildman–Crippen LogP) is 3.90. The molecule has 6 heteroatoms. The second-order valence-electron chi connectivity index (χ2n) is 6.74. The standard InChI is InChI=1S/C21H20ClN3O2/c22-17-7-5-15(6-8-17)13-20(26)25-11-9-18(10-12-25)27-21-19-4-2-1-3-16(19)14-23-24-21/h1-8,14,18H,9-13H2. The molecule has 1 amide bonds. The van der Waals surface area contributed by atoms with E-state index in [4.69, 9.17) is 16.3 Å². The number of hydrogen-bond acceptors (Lipinski definition) is 4. The van der Waals surface area contributed by atoms with E-state index in [1.807, 2.05) is 53.4 Å². The summed E-state index contributed by atoms with van der Waals surface area (Å²) in [5.41, 5.74) is 0.980. The minimum absolute atomic E-state index is 0.0460. The van der Waals surface area contributed by atoms with Gasteiger partial charge in [-0.25, -0.2) is 0 Å². The van der Waals surface area contributed by atoms with Crippen LogP contribution >= 0.6 is 11.6 Å². The van der Waals surface area contributed by atoms with Gasteiger partial charge in [-0.05, 0) is 23.8 Å². The van der Waals surface area contributed by atoms with E-state index < -0.39 is 0 Å². The van der Waals surface area contributed by atoms with Crippen molar-refractivity contribution in [1.29, 1.82) is 0 Å². The Balaban J connectivity index is 1.34. The predicted molar refractivity (Wildman–Crippen MR) is 105 cm³/mol. The monoisotopic (exact) mass is 381 g/mol. The average molecular weight is 382 g/mol. The van der Waals surface area contributed by atoms with Crippen molar-refractivity contribution in [3.8, 4) is 5.88 Å². The molecule has 138 valence electrons. The van der Waals surface area contributed by atoms with Gasteiger partial charge in [-0.15, -0.1) is 5.10 Å². The number of ether oxygens (including phenoxy) is 1. The van der Waals surface area contributed by atoms with E-state index in [1.54, 1.807) is 6.20 Å². The molecule has 5 nitrogen and oxygen atoms in total. The third kappa shape index (κ3) is 4.19. The van der Waals surface area contributed by atoms with Crippen LogP contribution in [0.3, 0.4) is 0 Å². The van der Waals surface area contributed by atoms with Crippen LogP contribution in [0.15, 0.2) is 54.7 Å². The Bertz CT molecular complexity index is 932. The van der Waals surface area contributed by atoms with Crippen LogP contribution in [0.1, 0.15) is 18.4 Å². The van der Waals surface area contributed by atoms with E-state index in [0.717, 1.165) is 29.2 Å². The first-order valence-electron chi connectivity index (χ1n) is 9.08. The van der Waals surface area contributed by atoms with E-state index >= 15 is 0 Å². The van der Waals surface area contributed by atoms with Crippen molar-refractivity contribution in [2.24, 2.45) is 0 Å². The van der Waals surface area contributed by atoms with Crippen LogP contribution in [0.4, 0.5) is 0 Å². The quantitative estimate of drug-likeness (QED) is 0.687. The summed E-state index contributed by atoms with van der Waals surface area (Å²) in [6.45, 7) is 1.38. The fourth-order valence-electron chi connectivity index (χ4n) is 3.36. The van der Waals surface area contributed by atoms with Crippen molar-refractivity contribution < 1.29 is 9.53 Å². The minimum atomic E-state index is 0.0460. The van der Waals surface area contributed by atoms with Crippen LogP contribution in [0, 0.1) is 0 Å². The second-order valence-corrected chi connectivity index (χ2v) is 7.17. The molecule has 2 heterocycles. The Morgan fingerprint density at radius 2 is 1.85 bits per heavy atom. The van der Waals surface area contributed by atoms with Gasteiger partial charge in [-0.3, -0.25) is 4.79 Å². The van der Waals surface area contributed by atoms with Gasteiger partial charge in [0.25, 0.3) is 0 Å². The van der Waals surface area contributed by atoms with Crippen LogP contribution in [0.5, 0.6) is 5.88 Å². The van der Waals surface area contributed by atoms with Gasteiger partial charge in [-0.2, -0.15) is 5.10 Å². The maximum atomic E-state index is 12.5. The summed E-state index contributed by atoms with van der Waals surface area (Å²) >= 11 is 5.90. The smallest absolute Gasteiger partial charge is 0.241 e. The zero-order valence-corrected chi connectivity index (χ0v) is 15.6. The molecule has 1 aromatic heterocycles. The summed E-state index contributed by atoms with van der Waals surface area (Å²) in [5.74, 6) is 0.708. The Morgan fingerprint density at radius 3 is 2.63 bits per heavy atom. The van der Waals surface area contributed by atoms with Crippen LogP contribution in [0.25, 0.3) is 10.8 Å². The number of halogens is 1. The zero-order chi connectivity index (χ0) is 18.6. The Kier molecular flexibility index (Phi) is 5.21. The highest BCUT2D eigenvalue weighted by atomic mass is 35.5. The molecule has 2 aromatic carbocycles. The van der Waals surface area contributed by atoms with Crippen LogP contribution < -0.4 is 4.74 Å². The molecule has 0 bridgehead atoms. The first-order valence-corrected chi connectivity index (χ1v) is 9.46. The lowest BCUT2D eigenvalue weighted by Gasteiger charge is -2.32. The molecule has 0 aliphatic carbocycles. The molecule has 1 aliphatic rings. The molecular weight excluding hydrogens is 362 g/mol. The van der Waals surface area contributed by atoms with Crippen LogP contribution in [-0.4, -0.2) is 40.2 Å². The Labute approximate surface area is 162 Å². The number of amides is 1. The van der Waals surface area contributed by atoms with Gasteiger partial charge in [-0.1, -0.05) is 41.9 Å². The molecule has 4 rings (SSSR count). The second kappa shape index (κ2) is 7.92. The van der Waals surface area contributed by atoms with E-state index in [2.05, 4.69) is 10.2 Å². The van der Waals surface area contributed by atoms with Gasteiger partial charge in [0, 0.05) is 41.7 Å². The highest BCUT2D eigenvalue weighted by Gasteiger charge is 2.24. The van der Waals surface area contributed by atoms with Crippen molar-refractivity contribution in [3.05, 3.63) is 65.3 Å².